The van der Waals surface area contributed by atoms with Gasteiger partial charge < -0.3 is 10.1 Å². The third-order valence-corrected chi connectivity index (χ3v) is 4.18. The van der Waals surface area contributed by atoms with E-state index in [4.69, 9.17) is 0 Å². The van der Waals surface area contributed by atoms with Crippen molar-refractivity contribution >= 4 is 28.3 Å². The van der Waals surface area contributed by atoms with Crippen LogP contribution in [0.3, 0.4) is 0 Å². The number of rotatable bonds is 3. The lowest BCUT2D eigenvalue weighted by Gasteiger charge is -2.07. The third-order valence-electron chi connectivity index (χ3n) is 3.12. The van der Waals surface area contributed by atoms with E-state index >= 15 is 0 Å². The maximum atomic E-state index is 11.9. The van der Waals surface area contributed by atoms with Gasteiger partial charge in [0.25, 0.3) is 0 Å². The largest absolute Gasteiger partial charge is 0.465 e. The van der Waals surface area contributed by atoms with E-state index in [9.17, 15) is 9.59 Å². The summed E-state index contributed by atoms with van der Waals surface area (Å²) in [5, 5.41) is 3.26. The van der Waals surface area contributed by atoms with E-state index in [1.54, 1.807) is 6.92 Å². The number of hydrogen-bond acceptors (Lipinski definition) is 5. The van der Waals surface area contributed by atoms with E-state index in [2.05, 4.69) is 15.0 Å². The van der Waals surface area contributed by atoms with Gasteiger partial charge in [-0.15, -0.1) is 0 Å². The Hall–Kier alpha value is -1.43. The van der Waals surface area contributed by atoms with Crippen LogP contribution in [-0.2, 0) is 9.53 Å². The normalized spacial score (nSPS) is 15.7. The fraction of sp³-hybridized carbons (Fsp3) is 0.583. The van der Waals surface area contributed by atoms with E-state index in [1.807, 2.05) is 0 Å². The minimum absolute atomic E-state index is 0.0117. The van der Waals surface area contributed by atoms with Crippen molar-refractivity contribution in [3.63, 3.8) is 0 Å². The smallest absolute Gasteiger partial charge is 0.350 e. The highest BCUT2D eigenvalue weighted by Crippen LogP contribution is 2.28. The average molecular weight is 268 g/mol. The van der Waals surface area contributed by atoms with Crippen LogP contribution in [0.5, 0.6) is 0 Å². The molecule has 98 valence electrons. The Morgan fingerprint density at radius 3 is 2.67 bits per heavy atom. The molecule has 1 aliphatic carbocycles. The predicted octanol–water partition coefficient (Wildman–Crippen LogP) is 2.37. The summed E-state index contributed by atoms with van der Waals surface area (Å²) in [7, 11) is 1.33. The summed E-state index contributed by atoms with van der Waals surface area (Å²) >= 11 is 1.16. The molecule has 0 spiro atoms. The molecular formula is C12H16N2O3S. The Balaban J connectivity index is 2.05. The summed E-state index contributed by atoms with van der Waals surface area (Å²) < 4.78 is 4.65. The van der Waals surface area contributed by atoms with E-state index in [-0.39, 0.29) is 11.8 Å². The maximum Gasteiger partial charge on any atom is 0.350 e. The molecular weight excluding hydrogens is 252 g/mol. The fourth-order valence-corrected chi connectivity index (χ4v) is 3.01. The molecule has 0 saturated heterocycles. The Morgan fingerprint density at radius 2 is 2.06 bits per heavy atom. The van der Waals surface area contributed by atoms with Crippen LogP contribution in [-0.4, -0.2) is 24.0 Å². The zero-order chi connectivity index (χ0) is 13.1. The van der Waals surface area contributed by atoms with Gasteiger partial charge in [0, 0.05) is 5.92 Å². The molecule has 1 aromatic rings. The molecule has 6 heteroatoms. The summed E-state index contributed by atoms with van der Waals surface area (Å²) in [6.45, 7) is 1.73. The Bertz CT molecular complexity index is 464. The zero-order valence-electron chi connectivity index (χ0n) is 10.5. The molecule has 0 bridgehead atoms. The Kier molecular flexibility index (Phi) is 3.96. The zero-order valence-corrected chi connectivity index (χ0v) is 11.3. The minimum atomic E-state index is -0.411. The summed E-state index contributed by atoms with van der Waals surface area (Å²) in [5.41, 5.74) is 0.591. The van der Waals surface area contributed by atoms with Gasteiger partial charge in [0.2, 0.25) is 5.91 Å². The average Bonchev–Trinajstić information content (AvgIpc) is 2.97. The number of esters is 1. The van der Waals surface area contributed by atoms with Crippen LogP contribution in [0.25, 0.3) is 0 Å². The molecule has 1 heterocycles. The van der Waals surface area contributed by atoms with E-state index in [1.165, 1.54) is 7.11 Å². The van der Waals surface area contributed by atoms with Gasteiger partial charge in [0.15, 0.2) is 5.13 Å². The van der Waals surface area contributed by atoms with Gasteiger partial charge >= 0.3 is 5.97 Å². The number of amides is 1. The number of thiazole rings is 1. The predicted molar refractivity (Wildman–Crippen MR) is 68.8 cm³/mol. The van der Waals surface area contributed by atoms with Gasteiger partial charge in [-0.25, -0.2) is 9.78 Å². The standard InChI is InChI=1S/C12H16N2O3S/c1-7-9(11(16)17-2)18-12(13-7)14-10(15)8-5-3-4-6-8/h8H,3-6H2,1-2H3,(H,13,14,15). The number of methoxy groups -OCH3 is 1. The number of nitrogens with one attached hydrogen (secondary N) is 1. The first-order valence-electron chi connectivity index (χ1n) is 5.98. The third kappa shape index (κ3) is 2.69. The first-order chi connectivity index (χ1) is 8.61. The second-order valence-electron chi connectivity index (χ2n) is 4.40. The molecule has 5 nitrogen and oxygen atoms in total. The number of anilines is 1. The van der Waals surface area contributed by atoms with E-state index in [0.29, 0.717) is 15.7 Å². The molecule has 1 aliphatic rings. The number of aromatic nitrogens is 1. The molecule has 0 aromatic carbocycles. The number of carbonyl (C=O) groups excluding carboxylic acids is 2. The molecule has 0 aliphatic heterocycles. The van der Waals surface area contributed by atoms with Crippen LogP contribution in [0.2, 0.25) is 0 Å². The summed E-state index contributed by atoms with van der Waals surface area (Å²) in [6, 6.07) is 0. The lowest BCUT2D eigenvalue weighted by molar-refractivity contribution is -0.119. The highest BCUT2D eigenvalue weighted by Gasteiger charge is 2.24. The van der Waals surface area contributed by atoms with E-state index < -0.39 is 5.97 Å². The molecule has 1 N–H and O–H groups in total. The molecule has 1 aromatic heterocycles. The first kappa shape index (κ1) is 13.0. The minimum Gasteiger partial charge on any atom is -0.465 e. The fourth-order valence-electron chi connectivity index (χ4n) is 2.13. The van der Waals surface area contributed by atoms with Crippen LogP contribution >= 0.6 is 11.3 Å². The highest BCUT2D eigenvalue weighted by atomic mass is 32.1. The number of carbonyl (C=O) groups is 2. The number of hydrogen-bond donors (Lipinski definition) is 1. The van der Waals surface area contributed by atoms with Crippen LogP contribution < -0.4 is 5.32 Å². The van der Waals surface area contributed by atoms with Crippen LogP contribution in [0.15, 0.2) is 0 Å². The summed E-state index contributed by atoms with van der Waals surface area (Å²) in [5.74, 6) is -0.306. The van der Waals surface area contributed by atoms with Crippen molar-refractivity contribution in [1.29, 1.82) is 0 Å². The van der Waals surface area contributed by atoms with Crippen LogP contribution in [0.4, 0.5) is 5.13 Å². The number of aryl methyl sites for hydroxylation is 1. The van der Waals surface area contributed by atoms with Crippen LogP contribution in [0, 0.1) is 12.8 Å². The Labute approximate surface area is 110 Å². The van der Waals surface area contributed by atoms with Crippen molar-refractivity contribution < 1.29 is 14.3 Å². The van der Waals surface area contributed by atoms with Crippen molar-refractivity contribution in [1.82, 2.24) is 4.98 Å². The van der Waals surface area contributed by atoms with Crippen molar-refractivity contribution in [3.8, 4) is 0 Å². The monoisotopic (exact) mass is 268 g/mol. The quantitative estimate of drug-likeness (QED) is 0.854. The van der Waals surface area contributed by atoms with Gasteiger partial charge in [0.1, 0.15) is 4.88 Å². The highest BCUT2D eigenvalue weighted by molar-refractivity contribution is 7.17. The van der Waals surface area contributed by atoms with Gasteiger partial charge in [-0.05, 0) is 19.8 Å². The Morgan fingerprint density at radius 1 is 1.39 bits per heavy atom. The second kappa shape index (κ2) is 5.48. The second-order valence-corrected chi connectivity index (χ2v) is 5.39. The molecule has 18 heavy (non-hydrogen) atoms. The van der Waals surface area contributed by atoms with Crippen molar-refractivity contribution in [2.45, 2.75) is 32.6 Å². The summed E-state index contributed by atoms with van der Waals surface area (Å²) in [6.07, 6.45) is 4.12. The molecule has 2 rings (SSSR count). The van der Waals surface area contributed by atoms with Gasteiger partial charge in [-0.2, -0.15) is 0 Å². The lowest BCUT2D eigenvalue weighted by atomic mass is 10.1. The van der Waals surface area contributed by atoms with Gasteiger partial charge in [-0.3, -0.25) is 4.79 Å². The van der Waals surface area contributed by atoms with Crippen molar-refractivity contribution in [3.05, 3.63) is 10.6 Å². The number of nitrogens with zero attached hydrogens (tertiary/aromatic N) is 1. The topological polar surface area (TPSA) is 68.3 Å². The molecule has 0 unspecified atom stereocenters. The van der Waals surface area contributed by atoms with Crippen LogP contribution in [0.1, 0.15) is 41.0 Å². The molecule has 0 radical (unpaired) electrons. The molecule has 1 saturated carbocycles. The first-order valence-corrected chi connectivity index (χ1v) is 6.80. The maximum absolute atomic E-state index is 11.9. The molecule has 1 amide bonds. The van der Waals surface area contributed by atoms with Gasteiger partial charge in [0.05, 0.1) is 12.8 Å². The molecule has 0 atom stereocenters. The number of ether oxygens (including phenoxy) is 1. The SMILES string of the molecule is COC(=O)c1sc(NC(=O)C2CCCC2)nc1C. The summed E-state index contributed by atoms with van der Waals surface area (Å²) in [4.78, 5) is 28.0. The lowest BCUT2D eigenvalue weighted by Crippen LogP contribution is -2.20. The van der Waals surface area contributed by atoms with E-state index in [0.717, 1.165) is 37.0 Å². The van der Waals surface area contributed by atoms with Crippen molar-refractivity contribution in [2.75, 3.05) is 12.4 Å². The van der Waals surface area contributed by atoms with Crippen molar-refractivity contribution in [2.24, 2.45) is 5.92 Å². The van der Waals surface area contributed by atoms with Gasteiger partial charge in [-0.1, -0.05) is 24.2 Å². The molecule has 1 fully saturated rings.